The second kappa shape index (κ2) is 8.14. The average molecular weight is 331 g/mol. The molecule has 1 aromatic carbocycles. The van der Waals surface area contributed by atoms with Crippen molar-refractivity contribution in [1.29, 1.82) is 0 Å². The molecule has 0 aliphatic rings. The van der Waals surface area contributed by atoms with Crippen LogP contribution >= 0.6 is 11.3 Å². The van der Waals surface area contributed by atoms with Gasteiger partial charge in [-0.1, -0.05) is 12.1 Å². The van der Waals surface area contributed by atoms with E-state index in [0.717, 1.165) is 4.88 Å². The van der Waals surface area contributed by atoms with Gasteiger partial charge in [-0.25, -0.2) is 4.79 Å². The summed E-state index contributed by atoms with van der Waals surface area (Å²) in [5.74, 6) is -0.339. The number of anilines is 1. The molecule has 120 valence electrons. The molecule has 0 saturated heterocycles. The van der Waals surface area contributed by atoms with Crippen LogP contribution in [0.5, 0.6) is 5.75 Å². The molecule has 0 aliphatic heterocycles. The van der Waals surface area contributed by atoms with Crippen molar-refractivity contribution in [2.75, 3.05) is 12.4 Å². The Bertz CT molecular complexity index is 694. The Balaban J connectivity index is 1.87. The van der Waals surface area contributed by atoms with Crippen LogP contribution in [0.3, 0.4) is 0 Å². The average Bonchev–Trinajstić information content (AvgIpc) is 3.06. The van der Waals surface area contributed by atoms with Crippen LogP contribution in [0.15, 0.2) is 47.9 Å². The van der Waals surface area contributed by atoms with Gasteiger partial charge in [-0.2, -0.15) is 0 Å². The van der Waals surface area contributed by atoms with Crippen LogP contribution in [0.2, 0.25) is 0 Å². The van der Waals surface area contributed by atoms with Crippen molar-refractivity contribution < 1.29 is 19.1 Å². The summed E-state index contributed by atoms with van der Waals surface area (Å²) in [5, 5.41) is 4.59. The quantitative estimate of drug-likeness (QED) is 0.651. The third-order valence-electron chi connectivity index (χ3n) is 2.93. The Labute approximate surface area is 138 Å². The van der Waals surface area contributed by atoms with Gasteiger partial charge in [0.25, 0.3) is 5.91 Å². The normalized spacial score (nSPS) is 11.9. The Kier molecular flexibility index (Phi) is 5.94. The van der Waals surface area contributed by atoms with Gasteiger partial charge in [0, 0.05) is 22.7 Å². The molecule has 1 heterocycles. The lowest BCUT2D eigenvalue weighted by Crippen LogP contribution is -2.29. The molecule has 0 radical (unpaired) electrons. The van der Waals surface area contributed by atoms with Gasteiger partial charge in [0.1, 0.15) is 5.75 Å². The molecular weight excluding hydrogens is 314 g/mol. The van der Waals surface area contributed by atoms with Gasteiger partial charge < -0.3 is 14.8 Å². The van der Waals surface area contributed by atoms with E-state index >= 15 is 0 Å². The lowest BCUT2D eigenvalue weighted by atomic mass is 10.3. The molecular formula is C17H17NO4S. The lowest BCUT2D eigenvalue weighted by Gasteiger charge is -2.12. The van der Waals surface area contributed by atoms with E-state index in [1.165, 1.54) is 24.3 Å². The molecule has 2 aromatic rings. The van der Waals surface area contributed by atoms with Crippen molar-refractivity contribution in [3.63, 3.8) is 0 Å². The summed E-state index contributed by atoms with van der Waals surface area (Å²) in [6, 6.07) is 10.7. The van der Waals surface area contributed by atoms with Crippen molar-refractivity contribution in [3.05, 3.63) is 52.7 Å². The summed E-state index contributed by atoms with van der Waals surface area (Å²) in [6.07, 6.45) is 2.06. The van der Waals surface area contributed by atoms with Gasteiger partial charge in [0.2, 0.25) is 0 Å². The molecule has 0 bridgehead atoms. The summed E-state index contributed by atoms with van der Waals surface area (Å²) in [4.78, 5) is 24.7. The fourth-order valence-corrected chi connectivity index (χ4v) is 2.37. The molecule has 1 amide bonds. The fourth-order valence-electron chi connectivity index (χ4n) is 1.75. The number of thiophene rings is 1. The molecule has 2 rings (SSSR count). The largest absolute Gasteiger partial charge is 0.497 e. The van der Waals surface area contributed by atoms with Crippen LogP contribution in [0.1, 0.15) is 11.8 Å². The number of esters is 1. The number of rotatable bonds is 6. The van der Waals surface area contributed by atoms with E-state index in [0.29, 0.717) is 11.4 Å². The zero-order valence-corrected chi connectivity index (χ0v) is 13.6. The molecule has 0 saturated carbocycles. The number of carbonyl (C=O) groups is 2. The van der Waals surface area contributed by atoms with Gasteiger partial charge in [-0.3, -0.25) is 4.79 Å². The highest BCUT2D eigenvalue weighted by molar-refractivity contribution is 7.10. The van der Waals surface area contributed by atoms with Gasteiger partial charge in [-0.05, 0) is 36.6 Å². The molecule has 1 N–H and O–H groups in total. The number of ether oxygens (including phenoxy) is 2. The summed E-state index contributed by atoms with van der Waals surface area (Å²) >= 11 is 1.51. The Hall–Kier alpha value is -2.60. The maximum atomic E-state index is 12.0. The van der Waals surface area contributed by atoms with E-state index in [-0.39, 0.29) is 0 Å². The van der Waals surface area contributed by atoms with Crippen molar-refractivity contribution in [2.24, 2.45) is 0 Å². The molecule has 1 aromatic heterocycles. The molecule has 0 fully saturated rings. The van der Waals surface area contributed by atoms with Crippen molar-refractivity contribution in [1.82, 2.24) is 0 Å². The zero-order chi connectivity index (χ0) is 16.7. The Morgan fingerprint density at radius 2 is 2.09 bits per heavy atom. The number of benzene rings is 1. The van der Waals surface area contributed by atoms with Gasteiger partial charge in [0.05, 0.1) is 7.11 Å². The van der Waals surface area contributed by atoms with Gasteiger partial charge in [0.15, 0.2) is 6.10 Å². The SMILES string of the molecule is COc1cccc(NC(=O)[C@@H](C)OC(=O)/C=C/c2cccs2)c1. The highest BCUT2D eigenvalue weighted by Crippen LogP contribution is 2.17. The molecule has 6 heteroatoms. The summed E-state index contributed by atoms with van der Waals surface area (Å²) in [7, 11) is 1.55. The number of carbonyl (C=O) groups excluding carboxylic acids is 2. The molecule has 0 aliphatic carbocycles. The minimum atomic E-state index is -0.901. The van der Waals surface area contributed by atoms with Crippen LogP contribution in [-0.2, 0) is 14.3 Å². The molecule has 5 nitrogen and oxygen atoms in total. The van der Waals surface area contributed by atoms with Crippen molar-refractivity contribution in [2.45, 2.75) is 13.0 Å². The first kappa shape index (κ1) is 16.8. The molecule has 0 unspecified atom stereocenters. The predicted molar refractivity (Wildman–Crippen MR) is 90.5 cm³/mol. The highest BCUT2D eigenvalue weighted by atomic mass is 32.1. The number of hydrogen-bond donors (Lipinski definition) is 1. The maximum absolute atomic E-state index is 12.0. The minimum Gasteiger partial charge on any atom is -0.497 e. The Morgan fingerprint density at radius 3 is 2.78 bits per heavy atom. The third-order valence-corrected chi connectivity index (χ3v) is 3.76. The van der Waals surface area contributed by atoms with Crippen LogP contribution in [0, 0.1) is 0 Å². The first-order valence-corrected chi connectivity index (χ1v) is 7.83. The van der Waals surface area contributed by atoms with E-state index in [2.05, 4.69) is 5.32 Å². The zero-order valence-electron chi connectivity index (χ0n) is 12.8. The number of methoxy groups -OCH3 is 1. The van der Waals surface area contributed by atoms with E-state index in [9.17, 15) is 9.59 Å². The number of hydrogen-bond acceptors (Lipinski definition) is 5. The molecule has 1 atom stereocenters. The van der Waals surface area contributed by atoms with Crippen LogP contribution in [-0.4, -0.2) is 25.1 Å². The minimum absolute atomic E-state index is 0.406. The highest BCUT2D eigenvalue weighted by Gasteiger charge is 2.16. The molecule has 0 spiro atoms. The fraction of sp³-hybridized carbons (Fsp3) is 0.176. The van der Waals surface area contributed by atoms with E-state index < -0.39 is 18.0 Å². The van der Waals surface area contributed by atoms with E-state index in [4.69, 9.17) is 9.47 Å². The third kappa shape index (κ3) is 5.27. The lowest BCUT2D eigenvalue weighted by molar-refractivity contribution is -0.148. The Morgan fingerprint density at radius 1 is 1.26 bits per heavy atom. The first-order chi connectivity index (χ1) is 11.1. The first-order valence-electron chi connectivity index (χ1n) is 6.95. The predicted octanol–water partition coefficient (Wildman–Crippen LogP) is 3.34. The number of nitrogens with one attached hydrogen (secondary N) is 1. The van der Waals surface area contributed by atoms with Gasteiger partial charge in [-0.15, -0.1) is 11.3 Å². The van der Waals surface area contributed by atoms with Crippen LogP contribution in [0.4, 0.5) is 5.69 Å². The van der Waals surface area contributed by atoms with Crippen molar-refractivity contribution in [3.8, 4) is 5.75 Å². The summed E-state index contributed by atoms with van der Waals surface area (Å²) < 4.78 is 10.2. The topological polar surface area (TPSA) is 64.6 Å². The van der Waals surface area contributed by atoms with Gasteiger partial charge >= 0.3 is 5.97 Å². The van der Waals surface area contributed by atoms with E-state index in [1.807, 2.05) is 17.5 Å². The summed E-state index contributed by atoms with van der Waals surface area (Å²) in [5.41, 5.74) is 0.575. The second-order valence-electron chi connectivity index (χ2n) is 4.65. The maximum Gasteiger partial charge on any atom is 0.331 e. The van der Waals surface area contributed by atoms with E-state index in [1.54, 1.807) is 37.5 Å². The smallest absolute Gasteiger partial charge is 0.331 e. The van der Waals surface area contributed by atoms with Crippen molar-refractivity contribution >= 4 is 35.0 Å². The number of amides is 1. The van der Waals surface area contributed by atoms with Crippen LogP contribution < -0.4 is 10.1 Å². The standard InChI is InChI=1S/C17H17NO4S/c1-12(22-16(19)9-8-15-7-4-10-23-15)17(20)18-13-5-3-6-14(11-13)21-2/h3-12H,1-2H3,(H,18,20)/b9-8+/t12-/m1/s1. The second-order valence-corrected chi connectivity index (χ2v) is 5.63. The van der Waals surface area contributed by atoms with Crippen LogP contribution in [0.25, 0.3) is 6.08 Å². The monoisotopic (exact) mass is 331 g/mol. The molecule has 23 heavy (non-hydrogen) atoms. The summed E-state index contributed by atoms with van der Waals surface area (Å²) in [6.45, 7) is 1.52.